The maximum atomic E-state index is 13.5. The number of nitrogens with one attached hydrogen (secondary N) is 4. The monoisotopic (exact) mass is 1750 g/mol. The van der Waals surface area contributed by atoms with Crippen molar-refractivity contribution in [3.05, 3.63) is 235 Å². The SMILES string of the molecule is CC(C)Cc1cc(C(=O)CC23CC(NC(=O)COc4ccc(Cl)c(F)c4)(C2)C3)on1.Cc1cc(OCC(=O)CC23CC(NC(=O)c4nc5ccccc5o4)(C2)C3)ccc1Cl.Cc1cc(OCC(=O)CC23CC(NC(=O)c4noc5ccccc45)(C2)C3)ccc1Cl.Cn1nc(C(=O)CC23CC(NC(=O)COc4ccc(Cl)c(F)c4)(C2)C3)cc1-c1ccccc1. The summed E-state index contributed by atoms with van der Waals surface area (Å²) in [5.74, 6) is 0.527. The van der Waals surface area contributed by atoms with Crippen molar-refractivity contribution in [1.82, 2.24) is 46.3 Å². The van der Waals surface area contributed by atoms with E-state index in [-0.39, 0.29) is 144 Å². The number of rotatable bonds is 31. The van der Waals surface area contributed by atoms with E-state index < -0.39 is 11.6 Å². The van der Waals surface area contributed by atoms with Crippen LogP contribution >= 0.6 is 46.4 Å². The van der Waals surface area contributed by atoms with E-state index >= 15 is 0 Å². The molecule has 30 heteroatoms. The zero-order chi connectivity index (χ0) is 86.6. The number of para-hydroxylation sites is 3. The van der Waals surface area contributed by atoms with Gasteiger partial charge in [-0.1, -0.05) is 125 Å². The lowest BCUT2D eigenvalue weighted by Gasteiger charge is -2.70. The number of ketones is 4. The van der Waals surface area contributed by atoms with Gasteiger partial charge in [-0.15, -0.1) is 0 Å². The topological polar surface area (TPSA) is 318 Å². The number of amides is 4. The van der Waals surface area contributed by atoms with E-state index in [1.165, 1.54) is 24.3 Å². The van der Waals surface area contributed by atoms with Crippen LogP contribution in [-0.2, 0) is 32.6 Å². The summed E-state index contributed by atoms with van der Waals surface area (Å²) in [7, 11) is 1.84. The van der Waals surface area contributed by atoms with Crippen LogP contribution in [0.25, 0.3) is 33.3 Å². The van der Waals surface area contributed by atoms with Crippen molar-refractivity contribution in [2.75, 3.05) is 26.4 Å². The molecule has 12 saturated carbocycles. The average molecular weight is 1750 g/mol. The lowest BCUT2D eigenvalue weighted by molar-refractivity contribution is -0.165. The molecule has 12 aliphatic rings. The van der Waals surface area contributed by atoms with Gasteiger partial charge in [0.15, 0.2) is 47.4 Å². The van der Waals surface area contributed by atoms with E-state index in [1.807, 2.05) is 106 Å². The number of hydrogen-bond acceptors (Lipinski definition) is 19. The molecule has 0 saturated heterocycles. The number of hydrogen-bond donors (Lipinski definition) is 4. The summed E-state index contributed by atoms with van der Waals surface area (Å²) in [4.78, 5) is 104. The molecule has 7 aromatic carbocycles. The van der Waals surface area contributed by atoms with Gasteiger partial charge in [-0.25, -0.2) is 13.8 Å². The molecule has 24 nitrogen and oxygen atoms in total. The molecule has 123 heavy (non-hydrogen) atoms. The van der Waals surface area contributed by atoms with E-state index in [9.17, 15) is 47.1 Å². The molecule has 0 unspecified atom stereocenters. The highest BCUT2D eigenvalue weighted by atomic mass is 35.5. The van der Waals surface area contributed by atoms with Crippen LogP contribution in [0.4, 0.5) is 8.78 Å². The number of aryl methyl sites for hydroxylation is 3. The molecule has 4 aromatic heterocycles. The van der Waals surface area contributed by atoms with E-state index in [2.05, 4.69) is 55.5 Å². The number of carbonyl (C=O) groups excluding carboxylic acids is 8. The first-order chi connectivity index (χ1) is 58.7. The summed E-state index contributed by atoms with van der Waals surface area (Å²) >= 11 is 23.3. The van der Waals surface area contributed by atoms with Crippen molar-refractivity contribution < 1.29 is 79.5 Å². The predicted molar refractivity (Wildman–Crippen MR) is 453 cm³/mol. The summed E-state index contributed by atoms with van der Waals surface area (Å²) in [6.07, 6.45) is 12.0. The van der Waals surface area contributed by atoms with Crippen molar-refractivity contribution in [2.24, 2.45) is 34.6 Å². The number of fused-ring (bicyclic) bond motifs is 2. The lowest BCUT2D eigenvalue weighted by atomic mass is 9.38. The molecular formula is C93H89Cl4F2N9O15. The zero-order valence-corrected chi connectivity index (χ0v) is 71.2. The molecule has 4 heterocycles. The molecule has 4 amide bonds. The zero-order valence-electron chi connectivity index (χ0n) is 68.1. The first kappa shape index (κ1) is 85.3. The van der Waals surface area contributed by atoms with E-state index in [0.717, 1.165) is 124 Å². The Hall–Kier alpha value is -11.3. The maximum Gasteiger partial charge on any atom is 0.307 e. The van der Waals surface area contributed by atoms with E-state index in [4.69, 9.17) is 78.8 Å². The molecule has 638 valence electrons. The summed E-state index contributed by atoms with van der Waals surface area (Å²) in [6.45, 7) is 7.66. The third kappa shape index (κ3) is 18.7. The number of aromatic nitrogens is 5. The van der Waals surface area contributed by atoms with Gasteiger partial charge in [0, 0.05) is 83.1 Å². The molecule has 0 spiro atoms. The molecule has 11 aromatic rings. The van der Waals surface area contributed by atoms with Crippen molar-refractivity contribution in [3.8, 4) is 34.3 Å². The van der Waals surface area contributed by atoms with Crippen LogP contribution in [-0.4, -0.2) is 120 Å². The number of Topliss-reactive ketones (excluding diaryl/α,β-unsaturated/α-hetero) is 4. The summed E-state index contributed by atoms with van der Waals surface area (Å²) in [5.41, 5.74) is 6.10. The Morgan fingerprint density at radius 3 is 1.41 bits per heavy atom. The smallest absolute Gasteiger partial charge is 0.307 e. The molecule has 0 atom stereocenters. The predicted octanol–water partition coefficient (Wildman–Crippen LogP) is 17.9. The molecular weight excluding hydrogens is 1660 g/mol. The minimum absolute atomic E-state index is 0.00184. The summed E-state index contributed by atoms with van der Waals surface area (Å²) < 4.78 is 66.5. The second-order valence-corrected chi connectivity index (χ2v) is 37.3. The summed E-state index contributed by atoms with van der Waals surface area (Å²) in [5, 5.41) is 26.5. The Morgan fingerprint density at radius 2 is 0.911 bits per heavy atom. The second kappa shape index (κ2) is 33.7. The first-order valence-corrected chi connectivity index (χ1v) is 42.2. The van der Waals surface area contributed by atoms with Crippen molar-refractivity contribution in [2.45, 2.75) is 159 Å². The van der Waals surface area contributed by atoms with Crippen LogP contribution in [0.1, 0.15) is 176 Å². The van der Waals surface area contributed by atoms with E-state index in [0.29, 0.717) is 92.4 Å². The van der Waals surface area contributed by atoms with Crippen molar-refractivity contribution in [3.63, 3.8) is 0 Å². The number of oxazole rings is 1. The lowest BCUT2D eigenvalue weighted by Crippen LogP contribution is -2.75. The van der Waals surface area contributed by atoms with Crippen LogP contribution in [0.15, 0.2) is 177 Å². The van der Waals surface area contributed by atoms with Crippen LogP contribution in [0.2, 0.25) is 20.1 Å². The first-order valence-electron chi connectivity index (χ1n) is 40.7. The van der Waals surface area contributed by atoms with Gasteiger partial charge in [0.2, 0.25) is 11.5 Å². The number of carbonyl (C=O) groups is 8. The van der Waals surface area contributed by atoms with Gasteiger partial charge in [0.05, 0.1) is 26.8 Å². The summed E-state index contributed by atoms with van der Waals surface area (Å²) in [6, 6.07) is 46.8. The van der Waals surface area contributed by atoms with Gasteiger partial charge in [0.1, 0.15) is 59.1 Å². The molecule has 0 aliphatic heterocycles. The van der Waals surface area contributed by atoms with Gasteiger partial charge in [0.25, 0.3) is 23.6 Å². The third-order valence-corrected chi connectivity index (χ3v) is 26.2. The van der Waals surface area contributed by atoms with Gasteiger partial charge >= 0.3 is 5.91 Å². The van der Waals surface area contributed by atoms with Gasteiger partial charge in [-0.3, -0.25) is 43.0 Å². The molecule has 12 fully saturated rings. The quantitative estimate of drug-likeness (QED) is 0.0293. The number of halogens is 6. The Labute approximate surface area is 726 Å². The number of benzene rings is 7. The Kier molecular flexibility index (Phi) is 23.4. The van der Waals surface area contributed by atoms with E-state index in [1.54, 1.807) is 47.1 Å². The minimum atomic E-state index is -0.594. The standard InChI is InChI=1S/C25H23ClFN3O3.2C23H21ClN2O4.C22H24ClFN2O4/c1-30-21(16-5-3-2-4-6-16)10-20(29-30)22(31)11-24-13-25(14-24,15-24)28-23(32)12-33-17-7-8-18(26)19(27)9-17;1-14-8-16(6-7-17(14)24)29-10-15(27)9-22-11-23(12-22,13-22)26-20(28)21-25-18-4-2-3-5-19(18)30-21;1-14-8-16(6-7-18(14)24)29-10-15(27)9-22-11-23(12-22,13-22)25-21(28)20-17-4-2-3-5-19(17)30-26-20;1-13(2)5-14-6-19(30-26-14)18(27)8-21-10-22(11-21,12-21)25-20(28)9-29-15-3-4-16(23)17(24)7-15/h2-10H,11-15H2,1H3,(H,28,32);2-8H,9-13H2,1H3,(H,26,28);2-8H,9-13H2,1H3,(H,25,28);3-4,6-7,13H,5,8-12H2,1-2H3,(H,25,28). The van der Waals surface area contributed by atoms with Crippen LogP contribution in [0.3, 0.4) is 0 Å². The molecule has 4 N–H and O–H groups in total. The molecule has 8 bridgehead atoms. The van der Waals surface area contributed by atoms with Crippen molar-refractivity contribution >= 4 is 115 Å². The molecule has 12 aliphatic carbocycles. The van der Waals surface area contributed by atoms with Gasteiger partial charge in [-0.2, -0.15) is 5.10 Å². The number of ether oxygens (including phenoxy) is 4. The largest absolute Gasteiger partial charge is 0.486 e. The van der Waals surface area contributed by atoms with Crippen LogP contribution < -0.4 is 40.2 Å². The second-order valence-electron chi connectivity index (χ2n) is 35.7. The van der Waals surface area contributed by atoms with Crippen LogP contribution in [0, 0.1) is 53.1 Å². The average Bonchev–Trinajstić information content (AvgIpc) is 1.35. The maximum absolute atomic E-state index is 13.5. The Balaban J connectivity index is 0.000000122. The number of nitrogens with zero attached hydrogens (tertiary/aromatic N) is 5. The highest BCUT2D eigenvalue weighted by molar-refractivity contribution is 6.32. The van der Waals surface area contributed by atoms with Crippen LogP contribution in [0.5, 0.6) is 23.0 Å². The normalized spacial score (nSPS) is 23.7. The van der Waals surface area contributed by atoms with Crippen molar-refractivity contribution in [1.29, 1.82) is 0 Å². The minimum Gasteiger partial charge on any atom is -0.486 e. The molecule has 0 radical (unpaired) electrons. The van der Waals surface area contributed by atoms with Gasteiger partial charge < -0.3 is 53.7 Å². The fourth-order valence-corrected chi connectivity index (χ4v) is 20.4. The molecule has 23 rings (SSSR count). The van der Waals surface area contributed by atoms with Gasteiger partial charge in [-0.05, 0) is 233 Å². The fraction of sp³-hybridized carbons (Fsp3) is 0.376. The fourth-order valence-electron chi connectivity index (χ4n) is 20.0. The Bertz CT molecular complexity index is 5880. The third-order valence-electron chi connectivity index (χ3n) is 24.7. The highest BCUT2D eigenvalue weighted by Gasteiger charge is 2.71. The highest BCUT2D eigenvalue weighted by Crippen LogP contribution is 2.72. The Morgan fingerprint density at radius 1 is 0.472 bits per heavy atom.